The lowest BCUT2D eigenvalue weighted by atomic mass is 9.98. The Kier molecular flexibility index (Phi) is 5.55. The zero-order valence-corrected chi connectivity index (χ0v) is 14.1. The number of amides is 1. The first kappa shape index (κ1) is 16.5. The Bertz CT molecular complexity index is 644. The van der Waals surface area contributed by atoms with Crippen LogP contribution in [0.4, 0.5) is 5.69 Å². The van der Waals surface area contributed by atoms with Crippen LogP contribution < -0.4 is 5.32 Å². The number of hydrogen-bond acceptors (Lipinski definition) is 4. The number of carbonyl (C=O) groups excluding carboxylic acids is 1. The summed E-state index contributed by atoms with van der Waals surface area (Å²) in [4.78, 5) is 20.7. The van der Waals surface area contributed by atoms with Crippen LogP contribution in [-0.2, 0) is 4.79 Å². The molecule has 116 valence electrons. The number of aryl methyl sites for hydroxylation is 1. The molecule has 1 N–H and O–H groups in total. The fraction of sp³-hybridized carbons (Fsp3) is 0.353. The Labute approximate surface area is 135 Å². The molecule has 0 unspecified atom stereocenters. The van der Waals surface area contributed by atoms with Gasteiger partial charge in [-0.3, -0.25) is 4.79 Å². The van der Waals surface area contributed by atoms with Gasteiger partial charge in [0.25, 0.3) is 0 Å². The summed E-state index contributed by atoms with van der Waals surface area (Å²) in [6, 6.07) is 7.86. The zero-order valence-electron chi connectivity index (χ0n) is 13.3. The molecule has 5 heteroatoms. The van der Waals surface area contributed by atoms with Gasteiger partial charge in [0.1, 0.15) is 0 Å². The summed E-state index contributed by atoms with van der Waals surface area (Å²) in [5, 5.41) is 3.41. The molecule has 0 spiro atoms. The first-order valence-corrected chi connectivity index (χ1v) is 8.21. The second-order valence-corrected chi connectivity index (χ2v) is 6.78. The van der Waals surface area contributed by atoms with Crippen LogP contribution >= 0.6 is 11.8 Å². The number of carbonyl (C=O) groups is 1. The number of benzene rings is 1. The predicted molar refractivity (Wildman–Crippen MR) is 91.2 cm³/mol. The predicted octanol–water partition coefficient (Wildman–Crippen LogP) is 4.03. The molecule has 0 fully saturated rings. The van der Waals surface area contributed by atoms with Crippen LogP contribution in [0.3, 0.4) is 0 Å². The highest BCUT2D eigenvalue weighted by atomic mass is 32.2. The molecule has 2 rings (SSSR count). The maximum Gasteiger partial charge on any atom is 0.237 e. The van der Waals surface area contributed by atoms with Gasteiger partial charge in [0.15, 0.2) is 5.16 Å². The number of aromatic nitrogens is 2. The Balaban J connectivity index is 2.12. The monoisotopic (exact) mass is 315 g/mol. The second-order valence-electron chi connectivity index (χ2n) is 5.47. The highest BCUT2D eigenvalue weighted by Gasteiger charge is 2.18. The average Bonchev–Trinajstić information content (AvgIpc) is 2.49. The summed E-state index contributed by atoms with van der Waals surface area (Å²) < 4.78 is 0. The Morgan fingerprint density at radius 1 is 1.14 bits per heavy atom. The average molecular weight is 315 g/mol. The minimum atomic E-state index is -0.262. The molecule has 1 heterocycles. The highest BCUT2D eigenvalue weighted by molar-refractivity contribution is 8.00. The summed E-state index contributed by atoms with van der Waals surface area (Å²) >= 11 is 1.36. The van der Waals surface area contributed by atoms with Crippen LogP contribution in [0.2, 0.25) is 0 Å². The van der Waals surface area contributed by atoms with Gasteiger partial charge in [-0.25, -0.2) is 9.97 Å². The van der Waals surface area contributed by atoms with Gasteiger partial charge in [-0.1, -0.05) is 43.8 Å². The van der Waals surface area contributed by atoms with Crippen molar-refractivity contribution in [1.82, 2.24) is 9.97 Å². The Morgan fingerprint density at radius 2 is 1.82 bits per heavy atom. The fourth-order valence-electron chi connectivity index (χ4n) is 2.13. The van der Waals surface area contributed by atoms with Crippen molar-refractivity contribution in [2.45, 2.75) is 44.0 Å². The summed E-state index contributed by atoms with van der Waals surface area (Å²) in [5.74, 6) is 0.323. The van der Waals surface area contributed by atoms with Gasteiger partial charge < -0.3 is 5.32 Å². The van der Waals surface area contributed by atoms with E-state index in [0.717, 1.165) is 16.8 Å². The lowest BCUT2D eigenvalue weighted by Gasteiger charge is -2.18. The molecule has 0 aliphatic carbocycles. The maximum absolute atomic E-state index is 12.5. The topological polar surface area (TPSA) is 54.9 Å². The van der Waals surface area contributed by atoms with Gasteiger partial charge in [0, 0.05) is 18.1 Å². The van der Waals surface area contributed by atoms with Crippen LogP contribution in [-0.4, -0.2) is 21.1 Å². The zero-order chi connectivity index (χ0) is 16.1. The molecular weight excluding hydrogens is 294 g/mol. The summed E-state index contributed by atoms with van der Waals surface area (Å²) in [5.41, 5.74) is 3.15. The Hall–Kier alpha value is -1.88. The molecule has 1 atom stereocenters. The SMILES string of the molecule is Cc1cccc(C(C)C)c1NC(=O)[C@@H](C)Sc1ncccn1. The maximum atomic E-state index is 12.5. The smallest absolute Gasteiger partial charge is 0.237 e. The van der Waals surface area contributed by atoms with Crippen molar-refractivity contribution in [2.24, 2.45) is 0 Å². The van der Waals surface area contributed by atoms with Crippen LogP contribution in [0.25, 0.3) is 0 Å². The van der Waals surface area contributed by atoms with E-state index in [1.165, 1.54) is 11.8 Å². The van der Waals surface area contributed by atoms with E-state index in [2.05, 4.69) is 35.2 Å². The molecule has 0 saturated carbocycles. The van der Waals surface area contributed by atoms with E-state index in [1.807, 2.05) is 26.0 Å². The first-order valence-electron chi connectivity index (χ1n) is 7.33. The summed E-state index contributed by atoms with van der Waals surface area (Å²) in [6.07, 6.45) is 3.36. The molecule has 0 saturated heterocycles. The third-order valence-corrected chi connectivity index (χ3v) is 4.36. The van der Waals surface area contributed by atoms with Crippen molar-refractivity contribution in [2.75, 3.05) is 5.32 Å². The third kappa shape index (κ3) is 4.07. The molecule has 1 aromatic heterocycles. The molecule has 22 heavy (non-hydrogen) atoms. The van der Waals surface area contributed by atoms with Crippen molar-refractivity contribution in [1.29, 1.82) is 0 Å². The number of rotatable bonds is 5. The summed E-state index contributed by atoms with van der Waals surface area (Å²) in [7, 11) is 0. The van der Waals surface area contributed by atoms with E-state index >= 15 is 0 Å². The van der Waals surface area contributed by atoms with Crippen LogP contribution in [0.1, 0.15) is 37.8 Å². The van der Waals surface area contributed by atoms with Crippen molar-refractivity contribution in [3.8, 4) is 0 Å². The van der Waals surface area contributed by atoms with Gasteiger partial charge in [0.05, 0.1) is 5.25 Å². The van der Waals surface area contributed by atoms with Gasteiger partial charge in [-0.2, -0.15) is 0 Å². The number of nitrogens with one attached hydrogen (secondary N) is 1. The fourth-order valence-corrected chi connectivity index (χ4v) is 2.85. The van der Waals surface area contributed by atoms with Gasteiger partial charge >= 0.3 is 0 Å². The second kappa shape index (κ2) is 7.40. The Morgan fingerprint density at radius 3 is 2.45 bits per heavy atom. The quantitative estimate of drug-likeness (QED) is 0.668. The number of para-hydroxylation sites is 1. The first-order chi connectivity index (χ1) is 10.5. The van der Waals surface area contributed by atoms with E-state index in [9.17, 15) is 4.79 Å². The normalized spacial score (nSPS) is 12.2. The minimum absolute atomic E-state index is 0.0337. The molecular formula is C17H21N3OS. The molecule has 2 aromatic rings. The molecule has 0 aliphatic heterocycles. The van der Waals surface area contributed by atoms with Crippen molar-refractivity contribution in [3.05, 3.63) is 47.8 Å². The van der Waals surface area contributed by atoms with E-state index < -0.39 is 0 Å². The largest absolute Gasteiger partial charge is 0.325 e. The molecule has 1 amide bonds. The van der Waals surface area contributed by atoms with E-state index in [1.54, 1.807) is 18.5 Å². The van der Waals surface area contributed by atoms with E-state index in [4.69, 9.17) is 0 Å². The van der Waals surface area contributed by atoms with Gasteiger partial charge in [-0.15, -0.1) is 0 Å². The lowest BCUT2D eigenvalue weighted by Crippen LogP contribution is -2.24. The number of anilines is 1. The molecule has 0 bridgehead atoms. The van der Waals surface area contributed by atoms with Crippen LogP contribution in [0.15, 0.2) is 41.8 Å². The van der Waals surface area contributed by atoms with Gasteiger partial charge in [-0.05, 0) is 37.0 Å². The van der Waals surface area contributed by atoms with Crippen molar-refractivity contribution in [3.63, 3.8) is 0 Å². The van der Waals surface area contributed by atoms with Crippen molar-refractivity contribution < 1.29 is 4.79 Å². The van der Waals surface area contributed by atoms with Crippen LogP contribution in [0, 0.1) is 6.92 Å². The third-order valence-electron chi connectivity index (χ3n) is 3.37. The van der Waals surface area contributed by atoms with Crippen molar-refractivity contribution >= 4 is 23.4 Å². The highest BCUT2D eigenvalue weighted by Crippen LogP contribution is 2.28. The van der Waals surface area contributed by atoms with E-state index in [0.29, 0.717) is 11.1 Å². The molecule has 4 nitrogen and oxygen atoms in total. The number of hydrogen-bond donors (Lipinski definition) is 1. The van der Waals surface area contributed by atoms with E-state index in [-0.39, 0.29) is 11.2 Å². The number of nitrogens with zero attached hydrogens (tertiary/aromatic N) is 2. The lowest BCUT2D eigenvalue weighted by molar-refractivity contribution is -0.115. The summed E-state index contributed by atoms with van der Waals surface area (Å²) in [6.45, 7) is 8.13. The van der Waals surface area contributed by atoms with Gasteiger partial charge in [0.2, 0.25) is 5.91 Å². The molecule has 1 aromatic carbocycles. The molecule has 0 aliphatic rings. The standard InChI is InChI=1S/C17H21N3OS/c1-11(2)14-8-5-7-12(3)15(14)20-16(21)13(4)22-17-18-9-6-10-19-17/h5-11,13H,1-4H3,(H,20,21)/t13-/m1/s1. The minimum Gasteiger partial charge on any atom is -0.325 e. The number of thioether (sulfide) groups is 1. The van der Waals surface area contributed by atoms with Crippen LogP contribution in [0.5, 0.6) is 0 Å². The molecule has 0 radical (unpaired) electrons.